The van der Waals surface area contributed by atoms with E-state index in [2.05, 4.69) is 0 Å². The van der Waals surface area contributed by atoms with E-state index in [1.165, 1.54) is 7.11 Å². The van der Waals surface area contributed by atoms with E-state index in [1.54, 1.807) is 97.2 Å². The van der Waals surface area contributed by atoms with E-state index in [0.29, 0.717) is 0 Å². The predicted octanol–water partition coefficient (Wildman–Crippen LogP) is 2.61. The van der Waals surface area contributed by atoms with Crippen molar-refractivity contribution < 1.29 is 47.6 Å². The van der Waals surface area contributed by atoms with Crippen molar-refractivity contribution in [3.8, 4) is 0 Å². The molecule has 0 unspecified atom stereocenters. The van der Waals surface area contributed by atoms with E-state index in [1.807, 2.05) is 0 Å². The topological polar surface area (TPSA) is 124 Å². The van der Waals surface area contributed by atoms with Crippen molar-refractivity contribution in [3.63, 3.8) is 0 Å². The lowest BCUT2D eigenvalue weighted by molar-refractivity contribution is -0.304. The number of carbonyl (C=O) groups is 4. The van der Waals surface area contributed by atoms with Gasteiger partial charge in [0.15, 0.2) is 24.6 Å². The van der Waals surface area contributed by atoms with Crippen LogP contribution in [0.1, 0.15) is 0 Å². The molecule has 214 valence electrons. The Morgan fingerprint density at radius 3 is 1.32 bits per heavy atom. The SMILES string of the molecule is CO[C@H]1O[C@H](COC(=O)C2C=CC=C2)[C@@H](OC(=O)C2C=CC=C2)[C@H](OC(=O)C2C=CC=C2)[C@H]1OC(=O)C1C=CC=C1. The van der Waals surface area contributed by atoms with Gasteiger partial charge in [0.1, 0.15) is 12.7 Å². The Balaban J connectivity index is 1.44. The molecule has 1 aliphatic heterocycles. The van der Waals surface area contributed by atoms with E-state index in [0.717, 1.165) is 0 Å². The fourth-order valence-electron chi connectivity index (χ4n) is 4.86. The maximum absolute atomic E-state index is 13.2. The second-order valence-electron chi connectivity index (χ2n) is 9.80. The molecule has 10 nitrogen and oxygen atoms in total. The Hall–Kier alpha value is -4.28. The van der Waals surface area contributed by atoms with Crippen molar-refractivity contribution in [1.82, 2.24) is 0 Å². The fraction of sp³-hybridized carbons (Fsp3) is 0.355. The Kier molecular flexibility index (Phi) is 8.91. The minimum atomic E-state index is -1.35. The summed E-state index contributed by atoms with van der Waals surface area (Å²) >= 11 is 0. The Morgan fingerprint density at radius 2 is 0.902 bits per heavy atom. The monoisotopic (exact) mass is 562 g/mol. The molecule has 0 bridgehead atoms. The molecule has 5 rings (SSSR count). The highest BCUT2D eigenvalue weighted by Gasteiger charge is 2.54. The molecule has 0 N–H and O–H groups in total. The molecule has 41 heavy (non-hydrogen) atoms. The summed E-state index contributed by atoms with van der Waals surface area (Å²) in [6, 6.07) is 0. The van der Waals surface area contributed by atoms with Gasteiger partial charge in [-0.2, -0.15) is 0 Å². The third kappa shape index (κ3) is 6.55. The molecule has 1 saturated heterocycles. The summed E-state index contributed by atoms with van der Waals surface area (Å²) in [7, 11) is 1.33. The highest BCUT2D eigenvalue weighted by atomic mass is 16.7. The molecule has 1 fully saturated rings. The molecule has 0 radical (unpaired) electrons. The van der Waals surface area contributed by atoms with Crippen molar-refractivity contribution in [2.24, 2.45) is 23.7 Å². The van der Waals surface area contributed by atoms with Crippen LogP contribution >= 0.6 is 0 Å². The lowest BCUT2D eigenvalue weighted by Gasteiger charge is -2.44. The van der Waals surface area contributed by atoms with Crippen LogP contribution in [0, 0.1) is 23.7 Å². The average Bonchev–Trinajstić information content (AvgIpc) is 3.80. The van der Waals surface area contributed by atoms with Crippen LogP contribution in [0.4, 0.5) is 0 Å². The van der Waals surface area contributed by atoms with Gasteiger partial charge in [0.25, 0.3) is 0 Å². The normalized spacial score (nSPS) is 28.7. The molecule has 1 heterocycles. The van der Waals surface area contributed by atoms with Gasteiger partial charge in [0, 0.05) is 7.11 Å². The summed E-state index contributed by atoms with van der Waals surface area (Å²) in [4.78, 5) is 52.0. The first-order valence-corrected chi connectivity index (χ1v) is 13.3. The molecule has 0 saturated carbocycles. The number of allylic oxidation sites excluding steroid dienone is 8. The van der Waals surface area contributed by atoms with Gasteiger partial charge in [0.05, 0.1) is 23.7 Å². The van der Waals surface area contributed by atoms with Gasteiger partial charge in [-0.05, 0) is 0 Å². The van der Waals surface area contributed by atoms with Gasteiger partial charge in [-0.1, -0.05) is 97.2 Å². The minimum Gasteiger partial charge on any atom is -0.462 e. The fourth-order valence-corrected chi connectivity index (χ4v) is 4.86. The first-order chi connectivity index (χ1) is 19.9. The summed E-state index contributed by atoms with van der Waals surface area (Å²) < 4.78 is 34.7. The van der Waals surface area contributed by atoms with E-state index < -0.39 is 78.3 Å². The van der Waals surface area contributed by atoms with Crippen LogP contribution in [0.2, 0.25) is 0 Å². The second kappa shape index (κ2) is 12.9. The molecule has 0 aromatic carbocycles. The maximum atomic E-state index is 13.2. The molecule has 10 heteroatoms. The summed E-state index contributed by atoms with van der Waals surface area (Å²) in [5.41, 5.74) is 0. The number of rotatable bonds is 10. The van der Waals surface area contributed by atoms with E-state index in [9.17, 15) is 19.2 Å². The lowest BCUT2D eigenvalue weighted by atomic mass is 9.97. The molecule has 0 spiro atoms. The average molecular weight is 563 g/mol. The number of hydrogen-bond acceptors (Lipinski definition) is 10. The molecule has 4 aliphatic carbocycles. The molecule has 5 atom stereocenters. The minimum absolute atomic E-state index is 0.350. The van der Waals surface area contributed by atoms with Gasteiger partial charge < -0.3 is 28.4 Å². The zero-order chi connectivity index (χ0) is 28.8. The highest BCUT2D eigenvalue weighted by molar-refractivity contribution is 5.80. The maximum Gasteiger partial charge on any atom is 0.317 e. The predicted molar refractivity (Wildman–Crippen MR) is 143 cm³/mol. The van der Waals surface area contributed by atoms with Gasteiger partial charge in [-0.3, -0.25) is 19.2 Å². The third-order valence-corrected chi connectivity index (χ3v) is 7.05. The number of hydrogen-bond donors (Lipinski definition) is 0. The molecular weight excluding hydrogens is 532 g/mol. The van der Waals surface area contributed by atoms with Crippen molar-refractivity contribution in [2.45, 2.75) is 30.7 Å². The summed E-state index contributed by atoms with van der Waals surface area (Å²) in [6.45, 7) is -0.350. The zero-order valence-electron chi connectivity index (χ0n) is 22.2. The highest BCUT2D eigenvalue weighted by Crippen LogP contribution is 2.32. The Morgan fingerprint density at radius 1 is 0.537 bits per heavy atom. The van der Waals surface area contributed by atoms with Crippen LogP contribution < -0.4 is 0 Å². The van der Waals surface area contributed by atoms with Crippen LogP contribution in [-0.4, -0.2) is 68.3 Å². The van der Waals surface area contributed by atoms with Crippen LogP contribution in [0.5, 0.6) is 0 Å². The van der Waals surface area contributed by atoms with Crippen LogP contribution in [0.15, 0.2) is 97.2 Å². The largest absolute Gasteiger partial charge is 0.462 e. The summed E-state index contributed by atoms with van der Waals surface area (Å²) in [5, 5.41) is 0. The number of esters is 4. The van der Waals surface area contributed by atoms with Crippen molar-refractivity contribution >= 4 is 23.9 Å². The van der Waals surface area contributed by atoms with E-state index in [4.69, 9.17) is 28.4 Å². The molecule has 0 aromatic rings. The Bertz CT molecular complexity index is 1230. The van der Waals surface area contributed by atoms with E-state index in [-0.39, 0.29) is 6.61 Å². The van der Waals surface area contributed by atoms with Crippen molar-refractivity contribution in [3.05, 3.63) is 97.2 Å². The van der Waals surface area contributed by atoms with E-state index >= 15 is 0 Å². The first-order valence-electron chi connectivity index (χ1n) is 13.3. The van der Waals surface area contributed by atoms with Gasteiger partial charge in [0.2, 0.25) is 0 Å². The van der Waals surface area contributed by atoms with Crippen LogP contribution in [0.25, 0.3) is 0 Å². The quantitative estimate of drug-likeness (QED) is 0.290. The zero-order valence-corrected chi connectivity index (χ0v) is 22.2. The standard InChI is InChI=1S/C31H30O10/c1-36-31-26(41-30(35)22-16-8-9-17-22)25(40-29(34)21-14-6-7-15-21)24(39-28(33)20-12-4-5-13-20)23(38-31)18-37-27(32)19-10-2-3-11-19/h2-17,19-26,31H,18H2,1H3/t23-,24-,25+,26-,31+/m1/s1. The molecule has 5 aliphatic rings. The van der Waals surface area contributed by atoms with Gasteiger partial charge >= 0.3 is 23.9 Å². The summed E-state index contributed by atoms with van der Waals surface area (Å²) in [5.74, 6) is -5.08. The number of carbonyl (C=O) groups excluding carboxylic acids is 4. The second-order valence-corrected chi connectivity index (χ2v) is 9.80. The van der Waals surface area contributed by atoms with Gasteiger partial charge in [-0.15, -0.1) is 0 Å². The van der Waals surface area contributed by atoms with Crippen molar-refractivity contribution in [1.29, 1.82) is 0 Å². The Labute approximate surface area is 236 Å². The van der Waals surface area contributed by atoms with Gasteiger partial charge in [-0.25, -0.2) is 0 Å². The van der Waals surface area contributed by atoms with Crippen LogP contribution in [0.3, 0.4) is 0 Å². The van der Waals surface area contributed by atoms with Crippen molar-refractivity contribution in [2.75, 3.05) is 13.7 Å². The molecule has 0 aromatic heterocycles. The summed E-state index contributed by atoms with van der Waals surface area (Å²) in [6.07, 6.45) is 20.6. The third-order valence-electron chi connectivity index (χ3n) is 7.05. The smallest absolute Gasteiger partial charge is 0.317 e. The number of methoxy groups -OCH3 is 1. The molecule has 0 amide bonds. The lowest BCUT2D eigenvalue weighted by Crippen LogP contribution is -2.63. The first kappa shape index (κ1) is 28.3. The molecular formula is C31H30O10. The number of ether oxygens (including phenoxy) is 6. The van der Waals surface area contributed by atoms with Crippen LogP contribution in [-0.2, 0) is 47.6 Å².